The highest BCUT2D eigenvalue weighted by atomic mass is 79.9. The number of halogens is 1. The van der Waals surface area contributed by atoms with Crippen LogP contribution in [0.4, 0.5) is 0 Å². The molecule has 1 rings (SSSR count). The largest absolute Gasteiger partial charge is 0.330 e. The minimum Gasteiger partial charge on any atom is -0.330 e. The smallest absolute Gasteiger partial charge is 0.104 e. The van der Waals surface area contributed by atoms with Gasteiger partial charge in [0.05, 0.1) is 6.20 Å². The van der Waals surface area contributed by atoms with Crippen molar-refractivity contribution in [3.05, 3.63) is 16.4 Å². The molecule has 0 aliphatic carbocycles. The molecule has 0 fully saturated rings. The minimum absolute atomic E-state index is 0.498. The van der Waals surface area contributed by atoms with E-state index in [1.54, 1.807) is 0 Å². The lowest BCUT2D eigenvalue weighted by atomic mass is 9.88. The molecule has 0 radical (unpaired) electrons. The Morgan fingerprint density at radius 2 is 2.31 bits per heavy atom. The Morgan fingerprint density at radius 1 is 1.62 bits per heavy atom. The van der Waals surface area contributed by atoms with E-state index in [-0.39, 0.29) is 0 Å². The molecule has 0 aromatic carbocycles. The molecule has 1 aromatic heterocycles. The number of aromatic nitrogens is 2. The van der Waals surface area contributed by atoms with Gasteiger partial charge in [0.1, 0.15) is 4.60 Å². The standard InChI is InChI=1S/C9H16BrN3/c1-6(2)7(3-4-11)8-5-12-13-9(8)10/h5-7H,3-4,11H2,1-2H3,(H,12,13). The minimum atomic E-state index is 0.498. The summed E-state index contributed by atoms with van der Waals surface area (Å²) in [6.45, 7) is 5.14. The molecule has 3 N–H and O–H groups in total. The molecule has 0 aliphatic rings. The second-order valence-electron chi connectivity index (χ2n) is 3.57. The topological polar surface area (TPSA) is 54.7 Å². The van der Waals surface area contributed by atoms with E-state index in [1.807, 2.05) is 6.20 Å². The second-order valence-corrected chi connectivity index (χ2v) is 4.36. The van der Waals surface area contributed by atoms with E-state index in [9.17, 15) is 0 Å². The van der Waals surface area contributed by atoms with Gasteiger partial charge in [-0.1, -0.05) is 13.8 Å². The van der Waals surface area contributed by atoms with Crippen LogP contribution in [0.5, 0.6) is 0 Å². The van der Waals surface area contributed by atoms with Crippen LogP contribution in [0.3, 0.4) is 0 Å². The molecule has 13 heavy (non-hydrogen) atoms. The molecule has 0 amide bonds. The van der Waals surface area contributed by atoms with Crippen LogP contribution in [0.1, 0.15) is 31.7 Å². The number of H-pyrrole nitrogens is 1. The van der Waals surface area contributed by atoms with Crippen molar-refractivity contribution in [2.75, 3.05) is 6.54 Å². The number of nitrogens with one attached hydrogen (secondary N) is 1. The number of rotatable bonds is 4. The third-order valence-corrected chi connectivity index (χ3v) is 2.94. The Bertz CT molecular complexity index is 257. The summed E-state index contributed by atoms with van der Waals surface area (Å²) in [5.74, 6) is 1.09. The lowest BCUT2D eigenvalue weighted by Crippen LogP contribution is -2.12. The Hall–Kier alpha value is -0.350. The van der Waals surface area contributed by atoms with Crippen LogP contribution < -0.4 is 5.73 Å². The second kappa shape index (κ2) is 4.77. The first-order valence-electron chi connectivity index (χ1n) is 4.55. The summed E-state index contributed by atoms with van der Waals surface area (Å²) in [5, 5.41) is 6.88. The summed E-state index contributed by atoms with van der Waals surface area (Å²) in [6.07, 6.45) is 2.89. The van der Waals surface area contributed by atoms with E-state index in [0.29, 0.717) is 11.8 Å². The van der Waals surface area contributed by atoms with E-state index in [2.05, 4.69) is 40.0 Å². The first kappa shape index (κ1) is 10.7. The van der Waals surface area contributed by atoms with Gasteiger partial charge in [-0.2, -0.15) is 5.10 Å². The number of hydrogen-bond acceptors (Lipinski definition) is 2. The van der Waals surface area contributed by atoms with Crippen molar-refractivity contribution < 1.29 is 0 Å². The van der Waals surface area contributed by atoms with Crippen molar-refractivity contribution in [1.29, 1.82) is 0 Å². The van der Waals surface area contributed by atoms with E-state index in [4.69, 9.17) is 5.73 Å². The van der Waals surface area contributed by atoms with Crippen LogP contribution in [-0.4, -0.2) is 16.7 Å². The maximum Gasteiger partial charge on any atom is 0.104 e. The molecule has 1 heterocycles. The van der Waals surface area contributed by atoms with Gasteiger partial charge in [-0.15, -0.1) is 0 Å². The van der Waals surface area contributed by atoms with E-state index < -0.39 is 0 Å². The highest BCUT2D eigenvalue weighted by molar-refractivity contribution is 9.10. The molecule has 1 atom stereocenters. The normalized spacial score (nSPS) is 13.6. The highest BCUT2D eigenvalue weighted by Gasteiger charge is 2.18. The summed E-state index contributed by atoms with van der Waals surface area (Å²) in [4.78, 5) is 0. The number of nitrogens with two attached hydrogens (primary N) is 1. The molecule has 0 saturated carbocycles. The maximum absolute atomic E-state index is 5.58. The molecule has 3 nitrogen and oxygen atoms in total. The lowest BCUT2D eigenvalue weighted by molar-refractivity contribution is 0.472. The number of hydrogen-bond donors (Lipinski definition) is 2. The molecular formula is C9H16BrN3. The number of nitrogens with zero attached hydrogens (tertiary/aromatic N) is 1. The average molecular weight is 246 g/mol. The van der Waals surface area contributed by atoms with Gasteiger partial charge >= 0.3 is 0 Å². The van der Waals surface area contributed by atoms with E-state index >= 15 is 0 Å². The third kappa shape index (κ3) is 2.54. The molecule has 0 aliphatic heterocycles. The maximum atomic E-state index is 5.58. The van der Waals surface area contributed by atoms with Crippen LogP contribution in [0.25, 0.3) is 0 Å². The van der Waals surface area contributed by atoms with Crippen molar-refractivity contribution in [1.82, 2.24) is 10.2 Å². The fourth-order valence-corrected chi connectivity index (χ4v) is 2.06. The Kier molecular flexibility index (Phi) is 3.93. The van der Waals surface area contributed by atoms with Crippen molar-refractivity contribution in [2.24, 2.45) is 11.7 Å². The van der Waals surface area contributed by atoms with Gasteiger partial charge in [0.15, 0.2) is 0 Å². The summed E-state index contributed by atoms with van der Waals surface area (Å²) in [6, 6.07) is 0. The van der Waals surface area contributed by atoms with Crippen molar-refractivity contribution in [3.63, 3.8) is 0 Å². The average Bonchev–Trinajstić information content (AvgIpc) is 2.47. The first-order valence-corrected chi connectivity index (χ1v) is 5.35. The SMILES string of the molecule is CC(C)C(CCN)c1cn[nH]c1Br. The van der Waals surface area contributed by atoms with E-state index in [1.165, 1.54) is 5.56 Å². The van der Waals surface area contributed by atoms with Crippen LogP contribution in [-0.2, 0) is 0 Å². The summed E-state index contributed by atoms with van der Waals surface area (Å²) in [5.41, 5.74) is 6.81. The van der Waals surface area contributed by atoms with Crippen molar-refractivity contribution in [3.8, 4) is 0 Å². The van der Waals surface area contributed by atoms with Crippen LogP contribution in [0.2, 0.25) is 0 Å². The van der Waals surface area contributed by atoms with Gasteiger partial charge in [0.25, 0.3) is 0 Å². The van der Waals surface area contributed by atoms with Gasteiger partial charge in [0.2, 0.25) is 0 Å². The van der Waals surface area contributed by atoms with Gasteiger partial charge in [0, 0.05) is 5.56 Å². The molecule has 0 spiro atoms. The van der Waals surface area contributed by atoms with E-state index in [0.717, 1.165) is 17.6 Å². The Labute approximate surface area is 87.2 Å². The van der Waals surface area contributed by atoms with Crippen LogP contribution in [0, 0.1) is 5.92 Å². The molecule has 74 valence electrons. The van der Waals surface area contributed by atoms with Gasteiger partial charge in [-0.05, 0) is 40.7 Å². The third-order valence-electron chi connectivity index (χ3n) is 2.30. The number of aromatic amines is 1. The quantitative estimate of drug-likeness (QED) is 0.856. The highest BCUT2D eigenvalue weighted by Crippen LogP contribution is 2.31. The predicted octanol–water partition coefficient (Wildman–Crippen LogP) is 2.26. The zero-order valence-electron chi connectivity index (χ0n) is 8.05. The van der Waals surface area contributed by atoms with Crippen LogP contribution >= 0.6 is 15.9 Å². The molecule has 1 unspecified atom stereocenters. The summed E-state index contributed by atoms with van der Waals surface area (Å²) < 4.78 is 0.986. The Balaban J connectivity index is 2.82. The van der Waals surface area contributed by atoms with Crippen LogP contribution in [0.15, 0.2) is 10.8 Å². The molecular weight excluding hydrogens is 230 g/mol. The summed E-state index contributed by atoms with van der Waals surface area (Å²) >= 11 is 3.45. The monoisotopic (exact) mass is 245 g/mol. The zero-order chi connectivity index (χ0) is 9.84. The van der Waals surface area contributed by atoms with Gasteiger partial charge in [-0.3, -0.25) is 5.10 Å². The fraction of sp³-hybridized carbons (Fsp3) is 0.667. The molecule has 0 bridgehead atoms. The Morgan fingerprint density at radius 3 is 2.69 bits per heavy atom. The fourth-order valence-electron chi connectivity index (χ4n) is 1.57. The first-order chi connectivity index (χ1) is 6.16. The lowest BCUT2D eigenvalue weighted by Gasteiger charge is -2.18. The molecule has 4 heteroatoms. The van der Waals surface area contributed by atoms with Gasteiger partial charge in [-0.25, -0.2) is 0 Å². The summed E-state index contributed by atoms with van der Waals surface area (Å²) in [7, 11) is 0. The van der Waals surface area contributed by atoms with Crippen molar-refractivity contribution >= 4 is 15.9 Å². The predicted molar refractivity (Wildman–Crippen MR) is 57.5 cm³/mol. The van der Waals surface area contributed by atoms with Gasteiger partial charge < -0.3 is 5.73 Å². The zero-order valence-corrected chi connectivity index (χ0v) is 9.63. The van der Waals surface area contributed by atoms with Crippen molar-refractivity contribution in [2.45, 2.75) is 26.2 Å². The molecule has 1 aromatic rings. The molecule has 0 saturated heterocycles.